The molecule has 25 heavy (non-hydrogen) atoms. The summed E-state index contributed by atoms with van der Waals surface area (Å²) < 4.78 is 15.2. The number of aliphatic hydroxyl groups is 1. The molecule has 0 atom stereocenters. The number of carbonyl (C=O) groups is 2. The molecule has 2 aromatic rings. The van der Waals surface area contributed by atoms with Crippen molar-refractivity contribution in [3.63, 3.8) is 0 Å². The second-order valence-electron chi connectivity index (χ2n) is 4.79. The predicted molar refractivity (Wildman–Crippen MR) is 93.6 cm³/mol. The second kappa shape index (κ2) is 12.7. The van der Waals surface area contributed by atoms with Crippen LogP contribution in [0.1, 0.15) is 20.7 Å². The number of rotatable bonds is 9. The summed E-state index contributed by atoms with van der Waals surface area (Å²) in [6.45, 7) is 1.36. The summed E-state index contributed by atoms with van der Waals surface area (Å²) in [4.78, 5) is 20.6. The van der Waals surface area contributed by atoms with Gasteiger partial charge in [-0.05, 0) is 48.5 Å². The highest BCUT2D eigenvalue weighted by atomic mass is 16.5. The highest BCUT2D eigenvalue weighted by molar-refractivity contribution is 5.75. The Kier molecular flexibility index (Phi) is 10.3. The average molecular weight is 346 g/mol. The lowest BCUT2D eigenvalue weighted by Gasteiger charge is -2.04. The van der Waals surface area contributed by atoms with Gasteiger partial charge in [0.05, 0.1) is 13.2 Å². The van der Waals surface area contributed by atoms with Crippen molar-refractivity contribution >= 4 is 12.6 Å². The number of benzene rings is 2. The predicted octanol–water partition coefficient (Wildman–Crippen LogP) is 2.39. The normalized spacial score (nSPS) is 9.52. The van der Waals surface area contributed by atoms with Crippen LogP contribution in [0.2, 0.25) is 0 Å². The van der Waals surface area contributed by atoms with Crippen molar-refractivity contribution in [2.75, 3.05) is 33.5 Å². The molecule has 6 heteroatoms. The van der Waals surface area contributed by atoms with Gasteiger partial charge in [0.2, 0.25) is 0 Å². The van der Waals surface area contributed by atoms with Crippen molar-refractivity contribution < 1.29 is 28.9 Å². The first-order valence-electron chi connectivity index (χ1n) is 7.69. The van der Waals surface area contributed by atoms with E-state index in [4.69, 9.17) is 19.3 Å². The average Bonchev–Trinajstić information content (AvgIpc) is 2.68. The fourth-order valence-corrected chi connectivity index (χ4v) is 1.69. The standard InChI is InChI=1S/C10H12O3.C9H10O3/c1-12-6-7-13-10-4-2-9(8-11)3-5-10;10-5-6-12-9-3-1-8(7-11)2-4-9/h2-5,8H,6-7H2,1H3;1-4,7,10H,5-6H2. The molecule has 0 heterocycles. The summed E-state index contributed by atoms with van der Waals surface area (Å²) in [6, 6.07) is 13.7. The van der Waals surface area contributed by atoms with Crippen LogP contribution in [-0.2, 0) is 4.74 Å². The topological polar surface area (TPSA) is 82.1 Å². The molecule has 0 amide bonds. The number of ether oxygens (including phenoxy) is 3. The van der Waals surface area contributed by atoms with Crippen molar-refractivity contribution in [1.82, 2.24) is 0 Å². The molecule has 6 nitrogen and oxygen atoms in total. The third-order valence-corrected chi connectivity index (χ3v) is 2.95. The van der Waals surface area contributed by atoms with Crippen molar-refractivity contribution in [1.29, 1.82) is 0 Å². The minimum atomic E-state index is -0.00453. The van der Waals surface area contributed by atoms with E-state index in [1.165, 1.54) is 0 Å². The number of hydrogen-bond acceptors (Lipinski definition) is 6. The van der Waals surface area contributed by atoms with Gasteiger partial charge in [0.25, 0.3) is 0 Å². The van der Waals surface area contributed by atoms with Crippen LogP contribution in [0, 0.1) is 0 Å². The van der Waals surface area contributed by atoms with Gasteiger partial charge in [0, 0.05) is 18.2 Å². The number of aldehydes is 2. The molecule has 0 bridgehead atoms. The first-order chi connectivity index (χ1) is 12.2. The van der Waals surface area contributed by atoms with Crippen molar-refractivity contribution in [3.05, 3.63) is 59.7 Å². The Balaban J connectivity index is 0.000000251. The molecule has 0 saturated carbocycles. The molecular weight excluding hydrogens is 324 g/mol. The molecule has 0 fully saturated rings. The van der Waals surface area contributed by atoms with Crippen molar-refractivity contribution in [2.45, 2.75) is 0 Å². The van der Waals surface area contributed by atoms with Crippen LogP contribution >= 0.6 is 0 Å². The zero-order valence-corrected chi connectivity index (χ0v) is 14.1. The molecular formula is C19H22O6. The van der Waals surface area contributed by atoms with Gasteiger partial charge in [-0.15, -0.1) is 0 Å². The third-order valence-electron chi connectivity index (χ3n) is 2.95. The quantitative estimate of drug-likeness (QED) is 0.555. The minimum Gasteiger partial charge on any atom is -0.491 e. The summed E-state index contributed by atoms with van der Waals surface area (Å²) in [5, 5.41) is 8.45. The van der Waals surface area contributed by atoms with Gasteiger partial charge in [0.15, 0.2) is 0 Å². The summed E-state index contributed by atoms with van der Waals surface area (Å²) in [7, 11) is 1.62. The van der Waals surface area contributed by atoms with Crippen LogP contribution in [0.25, 0.3) is 0 Å². The number of aliphatic hydroxyl groups excluding tert-OH is 1. The van der Waals surface area contributed by atoms with Gasteiger partial charge in [-0.3, -0.25) is 9.59 Å². The SMILES string of the molecule is COCCOc1ccc(C=O)cc1.O=Cc1ccc(OCCO)cc1. The largest absolute Gasteiger partial charge is 0.491 e. The van der Waals surface area contributed by atoms with E-state index in [1.54, 1.807) is 55.6 Å². The summed E-state index contributed by atoms with van der Waals surface area (Å²) in [5.41, 5.74) is 1.27. The zero-order valence-electron chi connectivity index (χ0n) is 14.1. The van der Waals surface area contributed by atoms with Gasteiger partial charge >= 0.3 is 0 Å². The lowest BCUT2D eigenvalue weighted by Crippen LogP contribution is -2.03. The molecule has 2 rings (SSSR count). The Morgan fingerprint density at radius 2 is 1.20 bits per heavy atom. The van der Waals surface area contributed by atoms with Gasteiger partial charge < -0.3 is 19.3 Å². The van der Waals surface area contributed by atoms with Gasteiger partial charge in [-0.2, -0.15) is 0 Å². The van der Waals surface area contributed by atoms with E-state index in [-0.39, 0.29) is 13.2 Å². The summed E-state index contributed by atoms with van der Waals surface area (Å²) >= 11 is 0. The Labute approximate surface area is 147 Å². The molecule has 2 aromatic carbocycles. The lowest BCUT2D eigenvalue weighted by molar-refractivity contribution is 0.111. The van der Waals surface area contributed by atoms with Crippen molar-refractivity contribution in [3.8, 4) is 11.5 Å². The van der Waals surface area contributed by atoms with Crippen LogP contribution in [0.3, 0.4) is 0 Å². The summed E-state index contributed by atoms with van der Waals surface area (Å²) in [6.07, 6.45) is 1.58. The van der Waals surface area contributed by atoms with E-state index < -0.39 is 0 Å². The van der Waals surface area contributed by atoms with Crippen molar-refractivity contribution in [2.24, 2.45) is 0 Å². The maximum absolute atomic E-state index is 10.3. The molecule has 134 valence electrons. The molecule has 0 spiro atoms. The molecule has 0 aliphatic carbocycles. The molecule has 0 saturated heterocycles. The van der Waals surface area contributed by atoms with Crippen LogP contribution in [0.4, 0.5) is 0 Å². The Morgan fingerprint density at radius 3 is 1.56 bits per heavy atom. The first-order valence-corrected chi connectivity index (χ1v) is 7.69. The number of hydrogen-bond donors (Lipinski definition) is 1. The van der Waals surface area contributed by atoms with E-state index in [2.05, 4.69) is 0 Å². The van der Waals surface area contributed by atoms with E-state index in [9.17, 15) is 9.59 Å². The maximum Gasteiger partial charge on any atom is 0.150 e. The first kappa shape index (κ1) is 20.3. The summed E-state index contributed by atoms with van der Waals surface area (Å²) in [5.74, 6) is 1.41. The molecule has 0 aliphatic heterocycles. The minimum absolute atomic E-state index is 0.00453. The maximum atomic E-state index is 10.3. The molecule has 0 radical (unpaired) electrons. The van der Waals surface area contributed by atoms with E-state index in [0.29, 0.717) is 30.1 Å². The smallest absolute Gasteiger partial charge is 0.150 e. The van der Waals surface area contributed by atoms with Gasteiger partial charge in [-0.1, -0.05) is 0 Å². The second-order valence-corrected chi connectivity index (χ2v) is 4.79. The fraction of sp³-hybridized carbons (Fsp3) is 0.263. The molecule has 0 unspecified atom stereocenters. The highest BCUT2D eigenvalue weighted by Gasteiger charge is 1.94. The van der Waals surface area contributed by atoms with E-state index >= 15 is 0 Å². The fourth-order valence-electron chi connectivity index (χ4n) is 1.69. The molecule has 0 aliphatic rings. The monoisotopic (exact) mass is 346 g/mol. The van der Waals surface area contributed by atoms with Crippen LogP contribution in [-0.4, -0.2) is 51.2 Å². The van der Waals surface area contributed by atoms with Crippen LogP contribution in [0.15, 0.2) is 48.5 Å². The van der Waals surface area contributed by atoms with Crippen LogP contribution < -0.4 is 9.47 Å². The Morgan fingerprint density at radius 1 is 0.760 bits per heavy atom. The third kappa shape index (κ3) is 8.64. The zero-order chi connectivity index (χ0) is 18.3. The number of methoxy groups -OCH3 is 1. The Bertz CT molecular complexity index is 607. The Hall–Kier alpha value is -2.70. The number of carbonyl (C=O) groups excluding carboxylic acids is 2. The molecule has 1 N–H and O–H groups in total. The highest BCUT2D eigenvalue weighted by Crippen LogP contribution is 2.11. The van der Waals surface area contributed by atoms with Gasteiger partial charge in [-0.25, -0.2) is 0 Å². The lowest BCUT2D eigenvalue weighted by atomic mass is 10.2. The van der Waals surface area contributed by atoms with Gasteiger partial charge in [0.1, 0.15) is 37.3 Å². The van der Waals surface area contributed by atoms with E-state index in [0.717, 1.165) is 18.3 Å². The van der Waals surface area contributed by atoms with E-state index in [1.807, 2.05) is 0 Å². The molecule has 0 aromatic heterocycles. The van der Waals surface area contributed by atoms with Crippen LogP contribution in [0.5, 0.6) is 11.5 Å².